The predicted molar refractivity (Wildman–Crippen MR) is 169 cm³/mol. The Balaban J connectivity index is 0.00000484. The Hall–Kier alpha value is -4.00. The van der Waals surface area contributed by atoms with Crippen molar-refractivity contribution in [1.82, 2.24) is 9.88 Å². The maximum Gasteiger partial charge on any atom is 0.339 e. The molecule has 42 heavy (non-hydrogen) atoms. The van der Waals surface area contributed by atoms with Crippen LogP contribution in [-0.4, -0.2) is 41.8 Å². The number of benzene rings is 3. The first-order valence-electron chi connectivity index (χ1n) is 14.1. The number of methoxy groups -OCH3 is 1. The summed E-state index contributed by atoms with van der Waals surface area (Å²) in [6.45, 7) is 4.45. The number of hydrogen-bond acceptors (Lipinski definition) is 6. The Labute approximate surface area is 255 Å². The third-order valence-corrected chi connectivity index (χ3v) is 7.01. The van der Waals surface area contributed by atoms with Gasteiger partial charge in [0.25, 0.3) is 0 Å². The maximum atomic E-state index is 11.8. The van der Waals surface area contributed by atoms with Gasteiger partial charge in [-0.3, -0.25) is 9.88 Å². The van der Waals surface area contributed by atoms with E-state index in [1.54, 1.807) is 19.2 Å². The lowest BCUT2D eigenvalue weighted by atomic mass is 10.0. The van der Waals surface area contributed by atoms with Gasteiger partial charge < -0.3 is 14.3 Å². The highest BCUT2D eigenvalue weighted by Crippen LogP contribution is 2.23. The van der Waals surface area contributed by atoms with Gasteiger partial charge in [0.15, 0.2) is 0 Å². The number of carbonyl (C=O) groups excluding carboxylic acids is 2. The summed E-state index contributed by atoms with van der Waals surface area (Å²) in [5.41, 5.74) is 5.97. The number of unbranched alkanes of at least 4 members (excludes halogenated alkanes) is 1. The van der Waals surface area contributed by atoms with Gasteiger partial charge in [0.2, 0.25) is 0 Å². The number of para-hydroxylation sites is 1. The zero-order valence-corrected chi connectivity index (χ0v) is 25.1. The number of nitrogens with zero attached hydrogens (tertiary/aromatic N) is 2. The summed E-state index contributed by atoms with van der Waals surface area (Å²) >= 11 is 0. The average Bonchev–Trinajstić information content (AvgIpc) is 3.01. The Morgan fingerprint density at radius 2 is 1.52 bits per heavy atom. The third kappa shape index (κ3) is 10.1. The van der Waals surface area contributed by atoms with Crippen molar-refractivity contribution in [2.24, 2.45) is 0 Å². The fraction of sp³-hybridized carbons (Fsp3) is 0.286. The van der Waals surface area contributed by atoms with E-state index in [9.17, 15) is 9.59 Å². The molecule has 1 heterocycles. The maximum absolute atomic E-state index is 11.8. The second-order valence-electron chi connectivity index (χ2n) is 10.2. The van der Waals surface area contributed by atoms with Crippen molar-refractivity contribution in [1.29, 1.82) is 0 Å². The number of hydrogen-bond donors (Lipinski definition) is 0. The second kappa shape index (κ2) is 17.1. The summed E-state index contributed by atoms with van der Waals surface area (Å²) in [4.78, 5) is 30.0. The average molecular weight is 587 g/mol. The number of rotatable bonds is 15. The summed E-state index contributed by atoms with van der Waals surface area (Å²) < 4.78 is 11.1. The second-order valence-corrected chi connectivity index (χ2v) is 10.2. The van der Waals surface area contributed by atoms with Crippen molar-refractivity contribution in [2.45, 2.75) is 45.8 Å². The molecule has 0 saturated heterocycles. The number of ether oxygens (including phenoxy) is 2. The molecule has 4 rings (SSSR count). The van der Waals surface area contributed by atoms with Crippen molar-refractivity contribution in [2.75, 3.05) is 20.2 Å². The Kier molecular flexibility index (Phi) is 13.2. The highest BCUT2D eigenvalue weighted by molar-refractivity contribution is 5.88. The number of carbonyl (C=O) groups is 2. The van der Waals surface area contributed by atoms with Crippen LogP contribution in [0.2, 0.25) is 0 Å². The number of pyridine rings is 1. The van der Waals surface area contributed by atoms with E-state index in [1.165, 1.54) is 18.2 Å². The summed E-state index contributed by atoms with van der Waals surface area (Å²) in [5, 5.41) is 0. The van der Waals surface area contributed by atoms with Gasteiger partial charge in [-0.05, 0) is 73.2 Å². The molecule has 220 valence electrons. The normalized spacial score (nSPS) is 10.6. The molecular weight excluding hydrogens is 548 g/mol. The topological polar surface area (TPSA) is 68.7 Å². The van der Waals surface area contributed by atoms with Crippen molar-refractivity contribution in [3.63, 3.8) is 0 Å². The van der Waals surface area contributed by atoms with Gasteiger partial charge in [-0.25, -0.2) is 4.79 Å². The summed E-state index contributed by atoms with van der Waals surface area (Å²) in [7, 11) is 1.36. The third-order valence-electron chi connectivity index (χ3n) is 7.01. The van der Waals surface area contributed by atoms with E-state index in [1.807, 2.05) is 42.5 Å². The lowest BCUT2D eigenvalue weighted by Crippen LogP contribution is -2.27. The minimum absolute atomic E-state index is 0. The highest BCUT2D eigenvalue weighted by Gasteiger charge is 2.12. The van der Waals surface area contributed by atoms with Crippen molar-refractivity contribution in [3.05, 3.63) is 120 Å². The van der Waals surface area contributed by atoms with E-state index < -0.39 is 5.97 Å². The molecule has 0 aliphatic carbocycles. The van der Waals surface area contributed by atoms with Gasteiger partial charge in [0.1, 0.15) is 18.1 Å². The van der Waals surface area contributed by atoms with E-state index >= 15 is 0 Å². The molecule has 4 aromatic rings. The molecule has 0 fully saturated rings. The molecule has 0 amide bonds. The standard InChI is InChI=1S/C35H38N2O4.ClH/c1-27(38)10-8-9-22-37(25-33-20-19-32(24-36-33)35(39)40-2)23-21-31-13-6-7-14-34(31)41-26-28-15-17-30(18-16-28)29-11-4-3-5-12-29;/h3-7,11-20,24H,8-10,21-23,25-26H2,1-2H3;1H. The van der Waals surface area contributed by atoms with Crippen LogP contribution < -0.4 is 4.74 Å². The number of esters is 1. The first kappa shape index (κ1) is 32.5. The molecule has 0 aliphatic heterocycles. The Morgan fingerprint density at radius 3 is 2.21 bits per heavy atom. The van der Waals surface area contributed by atoms with Gasteiger partial charge in [-0.1, -0.05) is 72.8 Å². The molecule has 0 unspecified atom stereocenters. The van der Waals surface area contributed by atoms with Gasteiger partial charge in [0.05, 0.1) is 18.4 Å². The van der Waals surface area contributed by atoms with E-state index in [2.05, 4.69) is 52.3 Å². The predicted octanol–water partition coefficient (Wildman–Crippen LogP) is 7.34. The van der Waals surface area contributed by atoms with Crippen molar-refractivity contribution in [3.8, 4) is 16.9 Å². The van der Waals surface area contributed by atoms with E-state index in [0.29, 0.717) is 25.1 Å². The van der Waals surface area contributed by atoms with Gasteiger partial charge in [-0.15, -0.1) is 12.4 Å². The molecule has 0 N–H and O–H groups in total. The van der Waals surface area contributed by atoms with Crippen LogP contribution in [-0.2, 0) is 29.1 Å². The minimum atomic E-state index is -0.395. The van der Waals surface area contributed by atoms with Crippen molar-refractivity contribution >= 4 is 24.2 Å². The fourth-order valence-electron chi connectivity index (χ4n) is 4.68. The number of Topliss-reactive ketones (excluding diaryl/α,β-unsaturated/α-hetero) is 1. The molecule has 0 saturated carbocycles. The van der Waals surface area contributed by atoms with Crippen LogP contribution >= 0.6 is 12.4 Å². The monoisotopic (exact) mass is 586 g/mol. The number of ketones is 1. The smallest absolute Gasteiger partial charge is 0.339 e. The fourth-order valence-corrected chi connectivity index (χ4v) is 4.68. The largest absolute Gasteiger partial charge is 0.489 e. The molecule has 1 aromatic heterocycles. The zero-order valence-electron chi connectivity index (χ0n) is 24.3. The molecule has 0 spiro atoms. The van der Waals surface area contributed by atoms with Crippen molar-refractivity contribution < 1.29 is 19.1 Å². The van der Waals surface area contributed by atoms with Gasteiger partial charge >= 0.3 is 5.97 Å². The van der Waals surface area contributed by atoms with Crippen LogP contribution in [0, 0.1) is 0 Å². The van der Waals surface area contributed by atoms with Crippen LogP contribution in [0.15, 0.2) is 97.2 Å². The van der Waals surface area contributed by atoms with Crippen LogP contribution in [0.1, 0.15) is 53.4 Å². The number of halogens is 1. The Bertz CT molecular complexity index is 1390. The molecule has 0 atom stereocenters. The molecule has 6 nitrogen and oxygen atoms in total. The molecule has 0 bridgehead atoms. The highest BCUT2D eigenvalue weighted by atomic mass is 35.5. The Morgan fingerprint density at radius 1 is 0.810 bits per heavy atom. The van der Waals surface area contributed by atoms with Crippen LogP contribution in [0.3, 0.4) is 0 Å². The molecule has 3 aromatic carbocycles. The first-order valence-corrected chi connectivity index (χ1v) is 14.1. The molecule has 0 radical (unpaired) electrons. The zero-order chi connectivity index (χ0) is 28.9. The van der Waals surface area contributed by atoms with Crippen LogP contribution in [0.25, 0.3) is 11.1 Å². The first-order chi connectivity index (χ1) is 20.0. The molecular formula is C35H39ClN2O4. The van der Waals surface area contributed by atoms with E-state index in [0.717, 1.165) is 54.9 Å². The number of aromatic nitrogens is 1. The lowest BCUT2D eigenvalue weighted by Gasteiger charge is -2.23. The quantitative estimate of drug-likeness (QED) is 0.107. The van der Waals surface area contributed by atoms with E-state index in [-0.39, 0.29) is 18.2 Å². The van der Waals surface area contributed by atoms with Gasteiger partial charge in [-0.2, -0.15) is 0 Å². The van der Waals surface area contributed by atoms with Crippen LogP contribution in [0.5, 0.6) is 5.75 Å². The van der Waals surface area contributed by atoms with Gasteiger partial charge in [0, 0.05) is 25.7 Å². The minimum Gasteiger partial charge on any atom is -0.489 e. The summed E-state index contributed by atoms with van der Waals surface area (Å²) in [6, 6.07) is 30.7. The molecule has 0 aliphatic rings. The summed E-state index contributed by atoms with van der Waals surface area (Å²) in [6.07, 6.45) is 4.77. The molecule has 7 heteroatoms. The summed E-state index contributed by atoms with van der Waals surface area (Å²) in [5.74, 6) is 0.711. The SMILES string of the molecule is COC(=O)c1ccc(CN(CCCCC(C)=O)CCc2ccccc2OCc2ccc(-c3ccccc3)cc2)nc1.Cl. The van der Waals surface area contributed by atoms with E-state index in [4.69, 9.17) is 9.47 Å². The lowest BCUT2D eigenvalue weighted by molar-refractivity contribution is -0.117. The van der Waals surface area contributed by atoms with Crippen LogP contribution in [0.4, 0.5) is 0 Å².